The van der Waals surface area contributed by atoms with Crippen molar-refractivity contribution in [2.45, 2.75) is 6.42 Å². The Kier molecular flexibility index (Phi) is 3.34. The van der Waals surface area contributed by atoms with Gasteiger partial charge in [0, 0.05) is 18.3 Å². The van der Waals surface area contributed by atoms with Crippen molar-refractivity contribution in [1.82, 2.24) is 0 Å². The molecule has 0 saturated carbocycles. The van der Waals surface area contributed by atoms with Crippen molar-refractivity contribution in [2.75, 3.05) is 24.8 Å². The van der Waals surface area contributed by atoms with Crippen LogP contribution in [-0.4, -0.2) is 25.9 Å². The molecule has 1 aliphatic heterocycles. The number of benzene rings is 1. The standard InChI is InChI=1S/C11H15N3O3/c12-4-1-5-14(11(13)15)8-2-3-9-10(6-8)17-7-16-9/h2-3,6H,1,4-5,7,12H2,(H2,13,15). The SMILES string of the molecule is NCCCN(C(N)=O)c1ccc2c(c1)OCO2. The van der Waals surface area contributed by atoms with Gasteiger partial charge in [-0.2, -0.15) is 0 Å². The van der Waals surface area contributed by atoms with E-state index in [1.165, 1.54) is 4.90 Å². The maximum atomic E-state index is 11.3. The molecule has 0 bridgehead atoms. The van der Waals surface area contributed by atoms with Gasteiger partial charge in [-0.05, 0) is 25.1 Å². The van der Waals surface area contributed by atoms with Crippen molar-refractivity contribution in [2.24, 2.45) is 11.5 Å². The van der Waals surface area contributed by atoms with E-state index >= 15 is 0 Å². The summed E-state index contributed by atoms with van der Waals surface area (Å²) in [5, 5.41) is 0. The molecule has 0 unspecified atom stereocenters. The summed E-state index contributed by atoms with van der Waals surface area (Å²) in [6.07, 6.45) is 0.692. The van der Waals surface area contributed by atoms with Gasteiger partial charge in [0.05, 0.1) is 0 Å². The van der Waals surface area contributed by atoms with Crippen LogP contribution in [0.4, 0.5) is 10.5 Å². The van der Waals surface area contributed by atoms with Crippen molar-refractivity contribution in [3.05, 3.63) is 18.2 Å². The molecule has 92 valence electrons. The summed E-state index contributed by atoms with van der Waals surface area (Å²) in [6.45, 7) is 1.21. The van der Waals surface area contributed by atoms with Gasteiger partial charge in [0.25, 0.3) is 0 Å². The summed E-state index contributed by atoms with van der Waals surface area (Å²) in [7, 11) is 0. The Morgan fingerprint density at radius 1 is 1.35 bits per heavy atom. The van der Waals surface area contributed by atoms with E-state index in [0.29, 0.717) is 36.7 Å². The first kappa shape index (κ1) is 11.5. The van der Waals surface area contributed by atoms with Crippen LogP contribution in [0, 0.1) is 0 Å². The zero-order valence-electron chi connectivity index (χ0n) is 9.39. The Morgan fingerprint density at radius 3 is 2.82 bits per heavy atom. The van der Waals surface area contributed by atoms with E-state index in [4.69, 9.17) is 20.9 Å². The number of anilines is 1. The molecule has 0 saturated heterocycles. The lowest BCUT2D eigenvalue weighted by Gasteiger charge is -2.20. The van der Waals surface area contributed by atoms with Crippen molar-refractivity contribution in [3.63, 3.8) is 0 Å². The van der Waals surface area contributed by atoms with E-state index in [-0.39, 0.29) is 6.79 Å². The number of nitrogens with zero attached hydrogens (tertiary/aromatic N) is 1. The van der Waals surface area contributed by atoms with Crippen LogP contribution < -0.4 is 25.8 Å². The largest absolute Gasteiger partial charge is 0.454 e. The molecule has 0 spiro atoms. The van der Waals surface area contributed by atoms with Crippen LogP contribution in [-0.2, 0) is 0 Å². The molecule has 0 aliphatic carbocycles. The predicted octanol–water partition coefficient (Wildman–Crippen LogP) is 0.649. The number of hydrogen-bond donors (Lipinski definition) is 2. The first-order valence-electron chi connectivity index (χ1n) is 5.39. The van der Waals surface area contributed by atoms with Gasteiger partial charge in [-0.1, -0.05) is 0 Å². The van der Waals surface area contributed by atoms with Gasteiger partial charge in [0.1, 0.15) is 0 Å². The molecule has 6 nitrogen and oxygen atoms in total. The molecule has 0 fully saturated rings. The summed E-state index contributed by atoms with van der Waals surface area (Å²) in [4.78, 5) is 12.8. The molecule has 6 heteroatoms. The molecule has 0 atom stereocenters. The lowest BCUT2D eigenvalue weighted by Crippen LogP contribution is -2.37. The average molecular weight is 237 g/mol. The van der Waals surface area contributed by atoms with Crippen LogP contribution in [0.5, 0.6) is 11.5 Å². The molecule has 0 radical (unpaired) electrons. The molecule has 4 N–H and O–H groups in total. The average Bonchev–Trinajstić information content (AvgIpc) is 2.76. The summed E-state index contributed by atoms with van der Waals surface area (Å²) in [5.74, 6) is 1.30. The number of nitrogens with two attached hydrogens (primary N) is 2. The van der Waals surface area contributed by atoms with Gasteiger partial charge in [0.15, 0.2) is 11.5 Å². The number of ether oxygens (including phenoxy) is 2. The van der Waals surface area contributed by atoms with E-state index in [1.807, 2.05) is 0 Å². The molecule has 1 aromatic carbocycles. The number of hydrogen-bond acceptors (Lipinski definition) is 4. The van der Waals surface area contributed by atoms with Gasteiger partial charge in [-0.25, -0.2) is 4.79 Å². The second-order valence-electron chi connectivity index (χ2n) is 3.67. The topological polar surface area (TPSA) is 90.8 Å². The minimum absolute atomic E-state index is 0.207. The highest BCUT2D eigenvalue weighted by Crippen LogP contribution is 2.35. The molecule has 1 heterocycles. The van der Waals surface area contributed by atoms with Gasteiger partial charge >= 0.3 is 6.03 Å². The van der Waals surface area contributed by atoms with E-state index in [9.17, 15) is 4.79 Å². The maximum absolute atomic E-state index is 11.3. The van der Waals surface area contributed by atoms with E-state index in [1.54, 1.807) is 18.2 Å². The highest BCUT2D eigenvalue weighted by atomic mass is 16.7. The normalized spacial score (nSPS) is 12.5. The molecule has 0 aromatic heterocycles. The minimum Gasteiger partial charge on any atom is -0.454 e. The molecular formula is C11H15N3O3. The predicted molar refractivity (Wildman–Crippen MR) is 63.2 cm³/mol. The van der Waals surface area contributed by atoms with Crippen molar-refractivity contribution in [3.8, 4) is 11.5 Å². The van der Waals surface area contributed by atoms with Crippen LogP contribution in [0.15, 0.2) is 18.2 Å². The summed E-state index contributed by atoms with van der Waals surface area (Å²) in [6, 6.07) is 4.77. The molecular weight excluding hydrogens is 222 g/mol. The van der Waals surface area contributed by atoms with Gasteiger partial charge < -0.3 is 20.9 Å². The second kappa shape index (κ2) is 4.92. The third kappa shape index (κ3) is 2.42. The quantitative estimate of drug-likeness (QED) is 0.804. The fourth-order valence-corrected chi connectivity index (χ4v) is 1.67. The maximum Gasteiger partial charge on any atom is 0.319 e. The minimum atomic E-state index is -0.502. The second-order valence-corrected chi connectivity index (χ2v) is 3.67. The van der Waals surface area contributed by atoms with Crippen LogP contribution >= 0.6 is 0 Å². The Labute approximate surface area is 99.1 Å². The van der Waals surface area contributed by atoms with Crippen LogP contribution in [0.1, 0.15) is 6.42 Å². The van der Waals surface area contributed by atoms with E-state index in [2.05, 4.69) is 0 Å². The van der Waals surface area contributed by atoms with E-state index < -0.39 is 6.03 Å². The molecule has 2 amide bonds. The van der Waals surface area contributed by atoms with Gasteiger partial charge in [0.2, 0.25) is 6.79 Å². The van der Waals surface area contributed by atoms with Crippen LogP contribution in [0.25, 0.3) is 0 Å². The van der Waals surface area contributed by atoms with Gasteiger partial charge in [-0.3, -0.25) is 4.90 Å². The third-order valence-corrected chi connectivity index (χ3v) is 2.52. The number of rotatable bonds is 4. The monoisotopic (exact) mass is 237 g/mol. The van der Waals surface area contributed by atoms with Gasteiger partial charge in [-0.15, -0.1) is 0 Å². The lowest BCUT2D eigenvalue weighted by atomic mass is 10.2. The van der Waals surface area contributed by atoms with Crippen molar-refractivity contribution >= 4 is 11.7 Å². The Balaban J connectivity index is 2.20. The molecule has 2 rings (SSSR count). The van der Waals surface area contributed by atoms with Crippen LogP contribution in [0.3, 0.4) is 0 Å². The zero-order valence-corrected chi connectivity index (χ0v) is 9.39. The summed E-state index contributed by atoms with van der Waals surface area (Å²) in [5.41, 5.74) is 11.4. The Hall–Kier alpha value is -1.95. The highest BCUT2D eigenvalue weighted by molar-refractivity contribution is 5.91. The van der Waals surface area contributed by atoms with Crippen LogP contribution in [0.2, 0.25) is 0 Å². The molecule has 17 heavy (non-hydrogen) atoms. The first-order valence-corrected chi connectivity index (χ1v) is 5.39. The smallest absolute Gasteiger partial charge is 0.319 e. The number of carbonyl (C=O) groups is 1. The Bertz CT molecular complexity index is 422. The fourth-order valence-electron chi connectivity index (χ4n) is 1.67. The fraction of sp³-hybridized carbons (Fsp3) is 0.364. The Morgan fingerprint density at radius 2 is 2.12 bits per heavy atom. The van der Waals surface area contributed by atoms with Crippen molar-refractivity contribution < 1.29 is 14.3 Å². The summed E-state index contributed by atoms with van der Waals surface area (Å²) < 4.78 is 10.4. The highest BCUT2D eigenvalue weighted by Gasteiger charge is 2.18. The number of urea groups is 1. The number of carbonyl (C=O) groups excluding carboxylic acids is 1. The third-order valence-electron chi connectivity index (χ3n) is 2.52. The molecule has 1 aliphatic rings. The number of amides is 2. The number of primary amides is 1. The number of fused-ring (bicyclic) bond motifs is 1. The first-order chi connectivity index (χ1) is 8.22. The lowest BCUT2D eigenvalue weighted by molar-refractivity contribution is 0.174. The van der Waals surface area contributed by atoms with E-state index in [0.717, 1.165) is 0 Å². The summed E-state index contributed by atoms with van der Waals surface area (Å²) >= 11 is 0. The van der Waals surface area contributed by atoms with Crippen molar-refractivity contribution in [1.29, 1.82) is 0 Å². The zero-order chi connectivity index (χ0) is 12.3. The molecule has 1 aromatic rings.